The number of carbonyl (C=O) groups is 2. The summed E-state index contributed by atoms with van der Waals surface area (Å²) in [4.78, 5) is 25.7. The number of amides is 1. The molecule has 1 atom stereocenters. The molecule has 0 aliphatic rings. The molecule has 0 saturated heterocycles. The van der Waals surface area contributed by atoms with Gasteiger partial charge in [0.1, 0.15) is 23.2 Å². The van der Waals surface area contributed by atoms with Crippen LogP contribution in [0.5, 0.6) is 0 Å². The van der Waals surface area contributed by atoms with Gasteiger partial charge in [-0.15, -0.1) is 0 Å². The van der Waals surface area contributed by atoms with E-state index in [1.807, 2.05) is 91.0 Å². The monoisotopic (exact) mass is 420 g/mol. The van der Waals surface area contributed by atoms with Gasteiger partial charge in [-0.25, -0.2) is 4.79 Å². The third-order valence-electron chi connectivity index (χ3n) is 5.06. The van der Waals surface area contributed by atoms with Crippen LogP contribution in [0.15, 0.2) is 91.0 Å². The summed E-state index contributed by atoms with van der Waals surface area (Å²) in [6.07, 6.45) is 0. The molecule has 0 spiro atoms. The highest BCUT2D eigenvalue weighted by molar-refractivity contribution is 7.96. The van der Waals surface area contributed by atoms with E-state index in [4.69, 9.17) is 0 Å². The molecule has 2 N–H and O–H groups in total. The highest BCUT2D eigenvalue weighted by atomic mass is 31.2. The van der Waals surface area contributed by atoms with Gasteiger partial charge in [0.15, 0.2) is 0 Å². The lowest BCUT2D eigenvalue weighted by molar-refractivity contribution is -0.140. The molecule has 5 heteroatoms. The van der Waals surface area contributed by atoms with Crippen LogP contribution in [0.25, 0.3) is 0 Å². The maximum absolute atomic E-state index is 13.0. The Balaban J connectivity index is 2.37. The van der Waals surface area contributed by atoms with Gasteiger partial charge in [-0.05, 0) is 36.4 Å². The molecule has 3 aromatic rings. The van der Waals surface area contributed by atoms with Crippen LogP contribution in [-0.4, -0.2) is 22.8 Å². The van der Waals surface area contributed by atoms with Crippen LogP contribution in [0.4, 0.5) is 0 Å². The Hall–Kier alpha value is -2.97. The Morgan fingerprint density at radius 3 is 1.33 bits per heavy atom. The quantitative estimate of drug-likeness (QED) is 0.600. The molecule has 0 heterocycles. The summed E-state index contributed by atoms with van der Waals surface area (Å²) in [5.41, 5.74) is -0.715. The minimum absolute atomic E-state index is 0.290. The van der Waals surface area contributed by atoms with Gasteiger partial charge in [-0.3, -0.25) is 4.79 Å². The Morgan fingerprint density at radius 1 is 0.733 bits per heavy atom. The fourth-order valence-electron chi connectivity index (χ4n) is 3.55. The predicted octanol–water partition coefficient (Wildman–Crippen LogP) is 3.55. The molecule has 4 nitrogen and oxygen atoms in total. The number of benzene rings is 3. The first-order valence-electron chi connectivity index (χ1n) is 9.87. The minimum atomic E-state index is -2.77. The van der Waals surface area contributed by atoms with Crippen molar-refractivity contribution < 1.29 is 14.7 Å². The molecule has 0 aliphatic heterocycles. The molecular formula is C25H27NO3P+. The van der Waals surface area contributed by atoms with Gasteiger partial charge >= 0.3 is 5.97 Å². The van der Waals surface area contributed by atoms with E-state index < -0.39 is 24.4 Å². The van der Waals surface area contributed by atoms with Gasteiger partial charge in [0.25, 0.3) is 5.78 Å². The maximum atomic E-state index is 13.0. The van der Waals surface area contributed by atoms with Gasteiger partial charge in [0.2, 0.25) is 5.91 Å². The molecule has 0 aromatic heterocycles. The van der Waals surface area contributed by atoms with Crippen molar-refractivity contribution in [2.75, 3.05) is 0 Å². The molecule has 30 heavy (non-hydrogen) atoms. The Kier molecular flexibility index (Phi) is 6.38. The van der Waals surface area contributed by atoms with Crippen LogP contribution in [0, 0.1) is 5.41 Å². The van der Waals surface area contributed by atoms with Crippen LogP contribution >= 0.6 is 7.26 Å². The first-order valence-corrected chi connectivity index (χ1v) is 11.7. The Labute approximate surface area is 178 Å². The number of hydrogen-bond acceptors (Lipinski definition) is 2. The first kappa shape index (κ1) is 21.7. The van der Waals surface area contributed by atoms with E-state index in [1.54, 1.807) is 20.8 Å². The average Bonchev–Trinajstić information content (AvgIpc) is 2.75. The first-order chi connectivity index (χ1) is 14.3. The number of carboxylic acid groups (broad SMARTS) is 1. The summed E-state index contributed by atoms with van der Waals surface area (Å²) in [5, 5.41) is 16.0. The third kappa shape index (κ3) is 4.15. The molecule has 1 unspecified atom stereocenters. The number of nitrogens with one attached hydrogen (secondary N) is 1. The van der Waals surface area contributed by atoms with Gasteiger partial charge in [0, 0.05) is 5.41 Å². The lowest BCUT2D eigenvalue weighted by atomic mass is 9.96. The molecule has 3 rings (SSSR count). The van der Waals surface area contributed by atoms with E-state index in [-0.39, 0.29) is 5.91 Å². The van der Waals surface area contributed by atoms with Crippen LogP contribution in [0.1, 0.15) is 20.8 Å². The molecule has 1 amide bonds. The van der Waals surface area contributed by atoms with Crippen LogP contribution in [-0.2, 0) is 9.59 Å². The van der Waals surface area contributed by atoms with E-state index in [0.29, 0.717) is 0 Å². The van der Waals surface area contributed by atoms with Crippen molar-refractivity contribution in [2.24, 2.45) is 5.41 Å². The maximum Gasteiger partial charge on any atom is 0.367 e. The zero-order chi connectivity index (χ0) is 21.8. The SMILES string of the molecule is CC(C)(C)C(=O)NC(C(=O)O)[P+](c1ccccc1)(c1ccccc1)c1ccccc1. The largest absolute Gasteiger partial charge is 0.477 e. The van der Waals surface area contributed by atoms with E-state index in [0.717, 1.165) is 15.9 Å². The summed E-state index contributed by atoms with van der Waals surface area (Å²) < 4.78 is 0. The van der Waals surface area contributed by atoms with Crippen LogP contribution < -0.4 is 21.2 Å². The molecule has 3 aromatic carbocycles. The number of carbonyl (C=O) groups excluding carboxylic acids is 1. The summed E-state index contributed by atoms with van der Waals surface area (Å²) in [6.45, 7) is 5.36. The topological polar surface area (TPSA) is 66.4 Å². The van der Waals surface area contributed by atoms with Crippen molar-refractivity contribution in [3.8, 4) is 0 Å². The highest BCUT2D eigenvalue weighted by Gasteiger charge is 2.57. The van der Waals surface area contributed by atoms with Crippen LogP contribution in [0.3, 0.4) is 0 Å². The van der Waals surface area contributed by atoms with E-state index in [1.165, 1.54) is 0 Å². The molecule has 0 bridgehead atoms. The second-order valence-corrected chi connectivity index (χ2v) is 11.7. The second-order valence-electron chi connectivity index (χ2n) is 8.19. The lowest BCUT2D eigenvalue weighted by Crippen LogP contribution is -2.53. The van der Waals surface area contributed by atoms with E-state index in [2.05, 4.69) is 5.32 Å². The number of rotatable bonds is 6. The Bertz CT molecular complexity index is 902. The summed E-state index contributed by atoms with van der Waals surface area (Å²) in [5.74, 6) is -2.43. The van der Waals surface area contributed by atoms with Gasteiger partial charge in [0.05, 0.1) is 0 Å². The summed E-state index contributed by atoms with van der Waals surface area (Å²) in [6, 6.07) is 29.0. The minimum Gasteiger partial charge on any atom is -0.477 e. The molecule has 0 radical (unpaired) electrons. The summed E-state index contributed by atoms with van der Waals surface area (Å²) >= 11 is 0. The fraction of sp³-hybridized carbons (Fsp3) is 0.200. The standard InChI is InChI=1S/C25H26NO3P/c1-25(2,3)24(29)26-22(23(27)28)30(19-13-7-4-8-14-19,20-15-9-5-10-16-20)21-17-11-6-12-18-21/h4-18,22H,1-3H3,(H-,26,27,28,29)/p+1. The van der Waals surface area contributed by atoms with E-state index >= 15 is 0 Å². The van der Waals surface area contributed by atoms with Crippen molar-refractivity contribution in [1.82, 2.24) is 5.32 Å². The van der Waals surface area contributed by atoms with Crippen molar-refractivity contribution in [3.63, 3.8) is 0 Å². The third-order valence-corrected chi connectivity index (χ3v) is 9.52. The number of hydrogen-bond donors (Lipinski definition) is 2. The van der Waals surface area contributed by atoms with E-state index in [9.17, 15) is 14.7 Å². The number of aliphatic carboxylic acids is 1. The number of carboxylic acids is 1. The van der Waals surface area contributed by atoms with Crippen LogP contribution in [0.2, 0.25) is 0 Å². The molecule has 0 saturated carbocycles. The van der Waals surface area contributed by atoms with Crippen molar-refractivity contribution in [2.45, 2.75) is 26.6 Å². The predicted molar refractivity (Wildman–Crippen MR) is 124 cm³/mol. The van der Waals surface area contributed by atoms with Crippen molar-refractivity contribution in [1.29, 1.82) is 0 Å². The molecule has 154 valence electrons. The van der Waals surface area contributed by atoms with Crippen molar-refractivity contribution in [3.05, 3.63) is 91.0 Å². The average molecular weight is 420 g/mol. The van der Waals surface area contributed by atoms with Crippen molar-refractivity contribution >= 4 is 35.1 Å². The zero-order valence-electron chi connectivity index (χ0n) is 17.4. The molecule has 0 aliphatic carbocycles. The smallest absolute Gasteiger partial charge is 0.367 e. The highest BCUT2D eigenvalue weighted by Crippen LogP contribution is 2.59. The zero-order valence-corrected chi connectivity index (χ0v) is 18.3. The van der Waals surface area contributed by atoms with Gasteiger partial charge < -0.3 is 10.4 Å². The summed E-state index contributed by atoms with van der Waals surface area (Å²) in [7, 11) is -2.77. The molecular weight excluding hydrogens is 393 g/mol. The molecule has 0 fully saturated rings. The lowest BCUT2D eigenvalue weighted by Gasteiger charge is -2.33. The normalized spacial score (nSPS) is 12.8. The van der Waals surface area contributed by atoms with Gasteiger partial charge in [-0.2, -0.15) is 0 Å². The fourth-order valence-corrected chi connectivity index (χ4v) is 7.91. The second kappa shape index (κ2) is 8.81. The van der Waals surface area contributed by atoms with Gasteiger partial charge in [-0.1, -0.05) is 75.4 Å². The Morgan fingerprint density at radius 2 is 1.07 bits per heavy atom.